The minimum Gasteiger partial charge on any atom is -0.486 e. The smallest absolute Gasteiger partial charge is 0.161 e. The molecular weight excluding hydrogens is 242 g/mol. The fourth-order valence-corrected chi connectivity index (χ4v) is 2.60. The lowest BCUT2D eigenvalue weighted by Crippen LogP contribution is -2.36. The summed E-state index contributed by atoms with van der Waals surface area (Å²) >= 11 is 0. The molecule has 1 aromatic rings. The summed E-state index contributed by atoms with van der Waals surface area (Å²) in [5, 5.41) is 3.53. The quantitative estimate of drug-likeness (QED) is 0.903. The minimum absolute atomic E-state index is 0.359. The van der Waals surface area contributed by atoms with Crippen LogP contribution in [0.4, 0.5) is 0 Å². The van der Waals surface area contributed by atoms with Crippen molar-refractivity contribution in [1.29, 1.82) is 0 Å². The summed E-state index contributed by atoms with van der Waals surface area (Å²) in [6.07, 6.45) is 2.70. The molecule has 2 aliphatic rings. The zero-order valence-corrected chi connectivity index (χ0v) is 11.4. The Morgan fingerprint density at radius 1 is 1.21 bits per heavy atom. The van der Waals surface area contributed by atoms with Crippen LogP contribution >= 0.6 is 0 Å². The summed E-state index contributed by atoms with van der Waals surface area (Å²) < 4.78 is 16.8. The molecule has 0 aliphatic carbocycles. The Morgan fingerprint density at radius 3 is 2.84 bits per heavy atom. The molecule has 2 heterocycles. The van der Waals surface area contributed by atoms with Gasteiger partial charge in [-0.15, -0.1) is 0 Å². The highest BCUT2D eigenvalue weighted by atomic mass is 16.6. The van der Waals surface area contributed by atoms with Gasteiger partial charge in [0.25, 0.3) is 0 Å². The zero-order chi connectivity index (χ0) is 13.1. The third-order valence-electron chi connectivity index (χ3n) is 3.76. The summed E-state index contributed by atoms with van der Waals surface area (Å²) in [4.78, 5) is 0. The first kappa shape index (κ1) is 12.8. The average molecular weight is 263 g/mol. The normalized spacial score (nSPS) is 23.3. The van der Waals surface area contributed by atoms with Gasteiger partial charge in [0.05, 0.1) is 6.10 Å². The molecule has 4 nitrogen and oxygen atoms in total. The van der Waals surface area contributed by atoms with E-state index in [0.717, 1.165) is 31.1 Å². The molecule has 2 unspecified atom stereocenters. The van der Waals surface area contributed by atoms with Crippen LogP contribution in [0.25, 0.3) is 0 Å². The second kappa shape index (κ2) is 5.80. The highest BCUT2D eigenvalue weighted by molar-refractivity contribution is 5.43. The van der Waals surface area contributed by atoms with Gasteiger partial charge in [0.15, 0.2) is 11.5 Å². The minimum atomic E-state index is 0.359. The van der Waals surface area contributed by atoms with Crippen molar-refractivity contribution in [3.63, 3.8) is 0 Å². The number of nitrogens with one attached hydrogen (secondary N) is 1. The molecule has 0 spiro atoms. The Morgan fingerprint density at radius 2 is 2.05 bits per heavy atom. The second-order valence-electron chi connectivity index (χ2n) is 5.20. The van der Waals surface area contributed by atoms with E-state index in [9.17, 15) is 0 Å². The topological polar surface area (TPSA) is 39.7 Å². The van der Waals surface area contributed by atoms with Gasteiger partial charge in [-0.2, -0.15) is 0 Å². The molecule has 1 aromatic carbocycles. The molecule has 4 heteroatoms. The summed E-state index contributed by atoms with van der Waals surface area (Å²) in [5.41, 5.74) is 1.22. The molecule has 0 radical (unpaired) electrons. The van der Waals surface area contributed by atoms with Crippen molar-refractivity contribution in [2.24, 2.45) is 0 Å². The van der Waals surface area contributed by atoms with E-state index < -0.39 is 0 Å². The molecule has 2 atom stereocenters. The number of ether oxygens (including phenoxy) is 3. The molecule has 104 valence electrons. The number of hydrogen-bond acceptors (Lipinski definition) is 4. The van der Waals surface area contributed by atoms with Gasteiger partial charge in [0.2, 0.25) is 0 Å². The van der Waals surface area contributed by atoms with Gasteiger partial charge in [-0.05, 0) is 37.5 Å². The molecule has 0 aromatic heterocycles. The number of rotatable bonds is 4. The summed E-state index contributed by atoms with van der Waals surface area (Å²) in [5.74, 6) is 1.71. The van der Waals surface area contributed by atoms with E-state index >= 15 is 0 Å². The summed E-state index contributed by atoms with van der Waals surface area (Å²) in [6.45, 7) is 5.20. The molecule has 2 aliphatic heterocycles. The number of hydrogen-bond donors (Lipinski definition) is 1. The highest BCUT2D eigenvalue weighted by Crippen LogP contribution is 2.30. The van der Waals surface area contributed by atoms with Crippen LogP contribution in [0, 0.1) is 0 Å². The summed E-state index contributed by atoms with van der Waals surface area (Å²) in [6, 6.07) is 6.52. The molecule has 1 saturated heterocycles. The molecule has 0 saturated carbocycles. The van der Waals surface area contributed by atoms with Crippen molar-refractivity contribution in [2.45, 2.75) is 38.5 Å². The number of benzene rings is 1. The lowest BCUT2D eigenvalue weighted by molar-refractivity contribution is 0.0832. The van der Waals surface area contributed by atoms with Gasteiger partial charge < -0.3 is 19.5 Å². The van der Waals surface area contributed by atoms with Crippen LogP contribution in [0.2, 0.25) is 0 Å². The van der Waals surface area contributed by atoms with Crippen molar-refractivity contribution >= 4 is 0 Å². The molecule has 0 amide bonds. The van der Waals surface area contributed by atoms with Crippen molar-refractivity contribution in [1.82, 2.24) is 5.32 Å². The third kappa shape index (κ3) is 3.01. The Kier molecular flexibility index (Phi) is 3.89. The van der Waals surface area contributed by atoms with Crippen LogP contribution in [0.5, 0.6) is 11.5 Å². The summed E-state index contributed by atoms with van der Waals surface area (Å²) in [7, 11) is 0. The first-order valence-electron chi connectivity index (χ1n) is 7.06. The van der Waals surface area contributed by atoms with Crippen LogP contribution in [-0.4, -0.2) is 32.0 Å². The largest absolute Gasteiger partial charge is 0.486 e. The van der Waals surface area contributed by atoms with Crippen molar-refractivity contribution in [3.8, 4) is 11.5 Å². The highest BCUT2D eigenvalue weighted by Gasteiger charge is 2.21. The average Bonchev–Trinajstić information content (AvgIpc) is 2.99. The monoisotopic (exact) mass is 263 g/mol. The molecule has 3 rings (SSSR count). The van der Waals surface area contributed by atoms with Crippen LogP contribution < -0.4 is 14.8 Å². The third-order valence-corrected chi connectivity index (χ3v) is 3.76. The van der Waals surface area contributed by atoms with E-state index in [1.807, 2.05) is 6.07 Å². The van der Waals surface area contributed by atoms with E-state index in [4.69, 9.17) is 14.2 Å². The molecule has 1 N–H and O–H groups in total. The molecular formula is C15H21NO3. The van der Waals surface area contributed by atoms with Crippen LogP contribution in [0.1, 0.15) is 25.3 Å². The van der Waals surface area contributed by atoms with Crippen LogP contribution in [0.3, 0.4) is 0 Å². The van der Waals surface area contributed by atoms with Crippen molar-refractivity contribution in [2.75, 3.05) is 19.8 Å². The van der Waals surface area contributed by atoms with Gasteiger partial charge in [-0.3, -0.25) is 0 Å². The van der Waals surface area contributed by atoms with Gasteiger partial charge in [0, 0.05) is 19.2 Å². The maximum atomic E-state index is 5.69. The lowest BCUT2D eigenvalue weighted by atomic mass is 10.1. The van der Waals surface area contributed by atoms with Crippen LogP contribution in [0.15, 0.2) is 18.2 Å². The predicted molar refractivity (Wildman–Crippen MR) is 72.7 cm³/mol. The van der Waals surface area contributed by atoms with Gasteiger partial charge in [0.1, 0.15) is 13.2 Å². The lowest BCUT2D eigenvalue weighted by Gasteiger charge is -2.21. The SMILES string of the molecule is CC(NCc1ccc2c(c1)OCCO2)C1CCCO1. The van der Waals surface area contributed by atoms with E-state index in [1.54, 1.807) is 0 Å². The van der Waals surface area contributed by atoms with Crippen molar-refractivity contribution in [3.05, 3.63) is 23.8 Å². The molecule has 1 fully saturated rings. The first-order valence-corrected chi connectivity index (χ1v) is 7.06. The Hall–Kier alpha value is -1.26. The fourth-order valence-electron chi connectivity index (χ4n) is 2.60. The second-order valence-corrected chi connectivity index (χ2v) is 5.20. The Labute approximate surface area is 114 Å². The Balaban J connectivity index is 1.57. The maximum absolute atomic E-state index is 5.69. The molecule has 0 bridgehead atoms. The van der Waals surface area contributed by atoms with Gasteiger partial charge >= 0.3 is 0 Å². The predicted octanol–water partition coefficient (Wildman–Crippen LogP) is 2.11. The first-order chi connectivity index (χ1) is 9.33. The van der Waals surface area contributed by atoms with Crippen LogP contribution in [-0.2, 0) is 11.3 Å². The fraction of sp³-hybridized carbons (Fsp3) is 0.600. The van der Waals surface area contributed by atoms with Crippen molar-refractivity contribution < 1.29 is 14.2 Å². The van der Waals surface area contributed by atoms with Gasteiger partial charge in [-0.1, -0.05) is 6.07 Å². The number of fused-ring (bicyclic) bond motifs is 1. The van der Waals surface area contributed by atoms with E-state index in [0.29, 0.717) is 25.4 Å². The maximum Gasteiger partial charge on any atom is 0.161 e. The van der Waals surface area contributed by atoms with E-state index in [-0.39, 0.29) is 0 Å². The van der Waals surface area contributed by atoms with E-state index in [2.05, 4.69) is 24.4 Å². The van der Waals surface area contributed by atoms with Gasteiger partial charge in [-0.25, -0.2) is 0 Å². The molecule has 19 heavy (non-hydrogen) atoms. The standard InChI is InChI=1S/C15H21NO3/c1-11(13-3-2-6-17-13)16-10-12-4-5-14-15(9-12)19-8-7-18-14/h4-5,9,11,13,16H,2-3,6-8,10H2,1H3. The van der Waals surface area contributed by atoms with E-state index in [1.165, 1.54) is 12.0 Å². The Bertz CT molecular complexity index is 429. The zero-order valence-electron chi connectivity index (χ0n) is 11.4.